The second-order valence-electron chi connectivity index (χ2n) is 4.41. The van der Waals surface area contributed by atoms with E-state index in [2.05, 4.69) is 21.2 Å². The Hall–Kier alpha value is -1.34. The first-order chi connectivity index (χ1) is 8.19. The van der Waals surface area contributed by atoms with Crippen LogP contribution in [0.2, 0.25) is 0 Å². The first-order valence-electron chi connectivity index (χ1n) is 5.58. The standard InChI is InChI=1S/C13H13BrN2O/c14-9-13(6-1-7-13)16-12(17)11-4-2-10(8-15)3-5-11/h2-5H,1,6-7,9H2,(H,16,17). The van der Waals surface area contributed by atoms with Crippen LogP contribution in [0.15, 0.2) is 24.3 Å². The number of hydrogen-bond donors (Lipinski definition) is 1. The molecule has 0 aliphatic heterocycles. The number of nitrogens with one attached hydrogen (secondary N) is 1. The van der Waals surface area contributed by atoms with Gasteiger partial charge in [0.05, 0.1) is 17.2 Å². The van der Waals surface area contributed by atoms with E-state index in [0.717, 1.165) is 18.2 Å². The quantitative estimate of drug-likeness (QED) is 0.871. The highest BCUT2D eigenvalue weighted by Crippen LogP contribution is 2.33. The van der Waals surface area contributed by atoms with Crippen molar-refractivity contribution in [2.45, 2.75) is 24.8 Å². The minimum absolute atomic E-state index is 0.0614. The van der Waals surface area contributed by atoms with Crippen LogP contribution in [0.25, 0.3) is 0 Å². The molecule has 3 nitrogen and oxygen atoms in total. The Morgan fingerprint density at radius 1 is 1.41 bits per heavy atom. The van der Waals surface area contributed by atoms with Crippen molar-refractivity contribution in [1.82, 2.24) is 5.32 Å². The summed E-state index contributed by atoms with van der Waals surface area (Å²) >= 11 is 3.45. The summed E-state index contributed by atoms with van der Waals surface area (Å²) in [7, 11) is 0. The summed E-state index contributed by atoms with van der Waals surface area (Å²) in [6, 6.07) is 8.74. The normalized spacial score (nSPS) is 16.7. The van der Waals surface area contributed by atoms with E-state index in [4.69, 9.17) is 5.26 Å². The summed E-state index contributed by atoms with van der Waals surface area (Å²) in [5.74, 6) is -0.0614. The molecule has 1 fully saturated rings. The number of alkyl halides is 1. The van der Waals surface area contributed by atoms with Gasteiger partial charge in [0.15, 0.2) is 0 Å². The molecule has 17 heavy (non-hydrogen) atoms. The maximum absolute atomic E-state index is 12.0. The van der Waals surface area contributed by atoms with Gasteiger partial charge >= 0.3 is 0 Å². The van der Waals surface area contributed by atoms with Gasteiger partial charge < -0.3 is 5.32 Å². The number of hydrogen-bond acceptors (Lipinski definition) is 2. The van der Waals surface area contributed by atoms with Gasteiger partial charge in [0.2, 0.25) is 0 Å². The summed E-state index contributed by atoms with van der Waals surface area (Å²) in [4.78, 5) is 12.0. The van der Waals surface area contributed by atoms with Crippen molar-refractivity contribution >= 4 is 21.8 Å². The zero-order valence-electron chi connectivity index (χ0n) is 9.37. The molecule has 1 aliphatic rings. The third-order valence-electron chi connectivity index (χ3n) is 3.22. The lowest BCUT2D eigenvalue weighted by Crippen LogP contribution is -2.54. The van der Waals surface area contributed by atoms with Gasteiger partial charge in [-0.2, -0.15) is 5.26 Å². The molecule has 0 unspecified atom stereocenters. The molecular formula is C13H13BrN2O. The van der Waals surface area contributed by atoms with Crippen molar-refractivity contribution in [3.8, 4) is 6.07 Å². The smallest absolute Gasteiger partial charge is 0.251 e. The molecule has 0 atom stereocenters. The van der Waals surface area contributed by atoms with Crippen LogP contribution in [-0.2, 0) is 0 Å². The molecule has 0 bridgehead atoms. The fourth-order valence-electron chi connectivity index (χ4n) is 1.90. The van der Waals surface area contributed by atoms with Gasteiger partial charge in [-0.05, 0) is 43.5 Å². The minimum atomic E-state index is -0.0645. The number of carbonyl (C=O) groups is 1. The molecule has 1 aromatic rings. The van der Waals surface area contributed by atoms with E-state index < -0.39 is 0 Å². The predicted octanol–water partition coefficient (Wildman–Crippen LogP) is 2.61. The Kier molecular flexibility index (Phi) is 3.49. The highest BCUT2D eigenvalue weighted by Gasteiger charge is 2.37. The highest BCUT2D eigenvalue weighted by molar-refractivity contribution is 9.09. The van der Waals surface area contributed by atoms with E-state index in [-0.39, 0.29) is 11.4 Å². The second kappa shape index (κ2) is 4.89. The van der Waals surface area contributed by atoms with Crippen molar-refractivity contribution in [3.63, 3.8) is 0 Å². The third kappa shape index (κ3) is 2.50. The number of rotatable bonds is 3. The molecule has 1 aromatic carbocycles. The fourth-order valence-corrected chi connectivity index (χ4v) is 2.61. The third-order valence-corrected chi connectivity index (χ3v) is 4.29. The van der Waals surface area contributed by atoms with Gasteiger partial charge in [-0.1, -0.05) is 15.9 Å². The maximum Gasteiger partial charge on any atom is 0.251 e. The lowest BCUT2D eigenvalue weighted by Gasteiger charge is -2.41. The number of nitriles is 1. The Balaban J connectivity index is 2.07. The van der Waals surface area contributed by atoms with Crippen molar-refractivity contribution in [3.05, 3.63) is 35.4 Å². The molecule has 0 radical (unpaired) electrons. The lowest BCUT2D eigenvalue weighted by molar-refractivity contribution is 0.0856. The number of benzene rings is 1. The first kappa shape index (κ1) is 12.1. The Morgan fingerprint density at radius 2 is 2.06 bits per heavy atom. The van der Waals surface area contributed by atoms with E-state index >= 15 is 0 Å². The molecule has 0 heterocycles. The van der Waals surface area contributed by atoms with E-state index in [0.29, 0.717) is 11.1 Å². The van der Waals surface area contributed by atoms with Gasteiger partial charge in [0.25, 0.3) is 5.91 Å². The average Bonchev–Trinajstić information content (AvgIpc) is 2.33. The van der Waals surface area contributed by atoms with Crippen molar-refractivity contribution in [2.24, 2.45) is 0 Å². The van der Waals surface area contributed by atoms with Crippen molar-refractivity contribution in [1.29, 1.82) is 5.26 Å². The van der Waals surface area contributed by atoms with Crippen LogP contribution in [0, 0.1) is 11.3 Å². The summed E-state index contributed by atoms with van der Waals surface area (Å²) in [5, 5.41) is 12.5. The van der Waals surface area contributed by atoms with E-state index in [9.17, 15) is 4.79 Å². The van der Waals surface area contributed by atoms with Crippen LogP contribution >= 0.6 is 15.9 Å². The second-order valence-corrected chi connectivity index (χ2v) is 4.97. The van der Waals surface area contributed by atoms with Crippen LogP contribution in [0.4, 0.5) is 0 Å². The number of amides is 1. The van der Waals surface area contributed by atoms with Gasteiger partial charge in [-0.25, -0.2) is 0 Å². The fraction of sp³-hybridized carbons (Fsp3) is 0.385. The summed E-state index contributed by atoms with van der Waals surface area (Å²) in [5.41, 5.74) is 1.11. The molecule has 1 saturated carbocycles. The summed E-state index contributed by atoms with van der Waals surface area (Å²) < 4.78 is 0. The molecule has 2 rings (SSSR count). The summed E-state index contributed by atoms with van der Waals surface area (Å²) in [6.07, 6.45) is 3.22. The molecule has 88 valence electrons. The molecule has 1 amide bonds. The van der Waals surface area contributed by atoms with Gasteiger partial charge in [-0.3, -0.25) is 4.79 Å². The minimum Gasteiger partial charge on any atom is -0.346 e. The number of nitrogens with zero attached hydrogens (tertiary/aromatic N) is 1. The molecule has 1 N–H and O–H groups in total. The monoisotopic (exact) mass is 292 g/mol. The molecule has 1 aliphatic carbocycles. The number of carbonyl (C=O) groups excluding carboxylic acids is 1. The topological polar surface area (TPSA) is 52.9 Å². The van der Waals surface area contributed by atoms with Crippen LogP contribution in [0.3, 0.4) is 0 Å². The zero-order chi connectivity index (χ0) is 12.3. The lowest BCUT2D eigenvalue weighted by atomic mass is 9.78. The van der Waals surface area contributed by atoms with E-state index in [1.807, 2.05) is 6.07 Å². The molecule has 0 aromatic heterocycles. The molecule has 0 spiro atoms. The van der Waals surface area contributed by atoms with E-state index in [1.54, 1.807) is 24.3 Å². The van der Waals surface area contributed by atoms with Gasteiger partial charge in [0, 0.05) is 10.9 Å². The Labute approximate surface area is 109 Å². The van der Waals surface area contributed by atoms with Gasteiger partial charge in [0.1, 0.15) is 0 Å². The van der Waals surface area contributed by atoms with Crippen molar-refractivity contribution < 1.29 is 4.79 Å². The maximum atomic E-state index is 12.0. The molecule has 4 heteroatoms. The van der Waals surface area contributed by atoms with E-state index in [1.165, 1.54) is 6.42 Å². The SMILES string of the molecule is N#Cc1ccc(C(=O)NC2(CBr)CCC2)cc1. The summed E-state index contributed by atoms with van der Waals surface area (Å²) in [6.45, 7) is 0. The molecular weight excluding hydrogens is 280 g/mol. The Bertz CT molecular complexity index is 452. The van der Waals surface area contributed by atoms with Crippen LogP contribution in [-0.4, -0.2) is 16.8 Å². The number of halogens is 1. The van der Waals surface area contributed by atoms with Crippen molar-refractivity contribution in [2.75, 3.05) is 5.33 Å². The first-order valence-corrected chi connectivity index (χ1v) is 6.70. The van der Waals surface area contributed by atoms with Crippen LogP contribution in [0.5, 0.6) is 0 Å². The van der Waals surface area contributed by atoms with Gasteiger partial charge in [-0.15, -0.1) is 0 Å². The average molecular weight is 293 g/mol. The zero-order valence-corrected chi connectivity index (χ0v) is 11.0. The van der Waals surface area contributed by atoms with Crippen LogP contribution in [0.1, 0.15) is 35.2 Å². The largest absolute Gasteiger partial charge is 0.346 e. The van der Waals surface area contributed by atoms with Crippen LogP contribution < -0.4 is 5.32 Å². The predicted molar refractivity (Wildman–Crippen MR) is 69.0 cm³/mol. The molecule has 0 saturated heterocycles. The highest BCUT2D eigenvalue weighted by atomic mass is 79.9. The Morgan fingerprint density at radius 3 is 2.47 bits per heavy atom.